The van der Waals surface area contributed by atoms with Crippen LogP contribution in [0.1, 0.15) is 37.4 Å². The monoisotopic (exact) mass is 1630 g/mol. The third-order valence-electron chi connectivity index (χ3n) is 12.3. The summed E-state index contributed by atoms with van der Waals surface area (Å²) in [6.07, 6.45) is -2.97. The molecule has 2 nitrogen and oxygen atoms in total. The van der Waals surface area contributed by atoms with E-state index in [1.807, 2.05) is 43.3 Å². The molecule has 3 atom stereocenters. The Bertz CT molecular complexity index is 4000. The van der Waals surface area contributed by atoms with Crippen LogP contribution >= 0.6 is 46.7 Å². The molecule has 92 heavy (non-hydrogen) atoms. The Labute approximate surface area is 542 Å². The molecule has 0 bridgehead atoms. The van der Waals surface area contributed by atoms with E-state index in [9.17, 15) is 60.9 Å². The van der Waals surface area contributed by atoms with Crippen LogP contribution in [0.4, 0.5) is 64.5 Å². The van der Waals surface area contributed by atoms with Crippen LogP contribution in [0.5, 0.6) is 0 Å². The number of halogens is 21. The minimum atomic E-state index is -11.2. The molecule has 0 aliphatic heterocycles. The van der Waals surface area contributed by atoms with Crippen LogP contribution < -0.4 is 0 Å². The number of rotatable bonds is 14. The summed E-state index contributed by atoms with van der Waals surface area (Å²) < 4.78 is 221. The predicted molar refractivity (Wildman–Crippen MR) is 326 cm³/mol. The summed E-state index contributed by atoms with van der Waals surface area (Å²) in [5, 5.41) is -3.10. The van der Waals surface area contributed by atoms with Gasteiger partial charge in [-0.3, -0.25) is 9.59 Å². The van der Waals surface area contributed by atoms with Crippen molar-refractivity contribution < 1.29 is 74.1 Å². The van der Waals surface area contributed by atoms with Crippen molar-refractivity contribution in [3.05, 3.63) is 280 Å². The molecule has 3 unspecified atom stereocenters. The van der Waals surface area contributed by atoms with Crippen LogP contribution in [0, 0.1) is 12.7 Å². The summed E-state index contributed by atoms with van der Waals surface area (Å²) in [6.45, 7) is 2.01. The Kier molecular flexibility index (Phi) is 21.8. The molecule has 0 heterocycles. The molecule has 1 aliphatic rings. The summed E-state index contributed by atoms with van der Waals surface area (Å²) in [5.74, 6) is -11.5. The maximum atomic E-state index is 16.3. The molecule has 0 spiro atoms. The SMILES string of the molecule is Cc1ccc(C(=O)c2ccc(Sc3ccc([S+](c4ccccc4)c4ccccc4)cc3)c(Cl)c2)cc1.O=C(c1ccc(F)cc1)c1ccc(Sc2ccc([S+](c3ccccc3)C3(F)C=CC(F)C(F)(F)C3(F)F)cc2)c(Cl)c1.[F][Sb-]([F])([F])([F])([F])[F].[F][Sb-]([F])([F])([F])([F])[F]. The number of hydrogen-bond acceptors (Lipinski definition) is 4. The van der Waals surface area contributed by atoms with Gasteiger partial charge >= 0.3 is 89.6 Å². The van der Waals surface area contributed by atoms with E-state index in [4.69, 9.17) is 23.2 Å². The minimum absolute atomic E-state index is 0.00294. The van der Waals surface area contributed by atoms with Crippen molar-refractivity contribution in [2.24, 2.45) is 0 Å². The van der Waals surface area contributed by atoms with Crippen LogP contribution in [0.2, 0.25) is 10.0 Å². The molecule has 0 aromatic heterocycles. The summed E-state index contributed by atoms with van der Waals surface area (Å²) in [5.41, 5.74) is 2.95. The van der Waals surface area contributed by atoms with Gasteiger partial charge in [0, 0.05) is 47.9 Å². The molecule has 0 saturated heterocycles. The van der Waals surface area contributed by atoms with Gasteiger partial charge in [0.05, 0.1) is 20.9 Å². The molecule has 0 saturated carbocycles. The average molecular weight is 1640 g/mol. The van der Waals surface area contributed by atoms with Gasteiger partial charge in [-0.2, -0.15) is 22.0 Å². The van der Waals surface area contributed by atoms with E-state index in [2.05, 4.69) is 84.9 Å². The topological polar surface area (TPSA) is 34.1 Å². The zero-order chi connectivity index (χ0) is 68.0. The van der Waals surface area contributed by atoms with Crippen molar-refractivity contribution in [3.63, 3.8) is 0 Å². The van der Waals surface area contributed by atoms with E-state index >= 15 is 13.2 Å². The summed E-state index contributed by atoms with van der Waals surface area (Å²) >= 11 is -6.71. The zero-order valence-electron chi connectivity index (χ0n) is 46.4. The van der Waals surface area contributed by atoms with Crippen molar-refractivity contribution in [3.8, 4) is 0 Å². The van der Waals surface area contributed by atoms with E-state index in [-0.39, 0.29) is 60.6 Å². The van der Waals surface area contributed by atoms with Gasteiger partial charge in [0.1, 0.15) is 16.7 Å². The fraction of sp³-hybridized carbons (Fsp3) is 0.0794. The molecule has 0 N–H and O–H groups in total. The second-order valence-electron chi connectivity index (χ2n) is 19.5. The number of ketones is 2. The number of alkyl halides is 6. The zero-order valence-corrected chi connectivity index (χ0v) is 56.3. The van der Waals surface area contributed by atoms with Crippen LogP contribution in [0.3, 0.4) is 0 Å². The molecule has 9 aromatic carbocycles. The van der Waals surface area contributed by atoms with Crippen LogP contribution in [0.25, 0.3) is 0 Å². The third-order valence-corrected chi connectivity index (χ3v) is 20.0. The van der Waals surface area contributed by atoms with Gasteiger partial charge in [-0.15, -0.1) is 0 Å². The van der Waals surface area contributed by atoms with E-state index in [0.717, 1.165) is 15.4 Å². The predicted octanol–water partition coefficient (Wildman–Crippen LogP) is 23.1. The first-order valence-corrected chi connectivity index (χ1v) is 42.4. The first-order valence-electron chi connectivity index (χ1n) is 25.9. The summed E-state index contributed by atoms with van der Waals surface area (Å²) in [6, 6.07) is 65.7. The second kappa shape index (κ2) is 27.2. The molecule has 9 aromatic rings. The van der Waals surface area contributed by atoms with Gasteiger partial charge in [-0.1, -0.05) is 131 Å². The quantitative estimate of drug-likeness (QED) is 0.0357. The average Bonchev–Trinajstić information content (AvgIpc) is 0.731. The normalized spacial score (nSPS) is 17.7. The molecule has 488 valence electrons. The molecular weight excluding hydrogens is 1590 g/mol. The Balaban J connectivity index is 0.000000217. The van der Waals surface area contributed by atoms with Crippen molar-refractivity contribution in [1.29, 1.82) is 0 Å². The van der Waals surface area contributed by atoms with Crippen molar-refractivity contribution in [1.82, 2.24) is 0 Å². The number of carbonyl (C=O) groups is 2. The Hall–Kier alpha value is -5.65. The second-order valence-corrected chi connectivity index (χ2v) is 37.7. The van der Waals surface area contributed by atoms with Gasteiger partial charge < -0.3 is 0 Å². The fourth-order valence-corrected chi connectivity index (χ4v) is 14.9. The van der Waals surface area contributed by atoms with E-state index < -0.39 is 78.7 Å². The molecule has 0 radical (unpaired) electrons. The van der Waals surface area contributed by atoms with E-state index in [0.29, 0.717) is 25.9 Å². The Morgan fingerprint density at radius 2 is 0.750 bits per heavy atom. The van der Waals surface area contributed by atoms with Crippen molar-refractivity contribution in [2.45, 2.75) is 74.0 Å². The van der Waals surface area contributed by atoms with Crippen LogP contribution in [0.15, 0.2) is 281 Å². The molecular formula is C63H43Cl2F19O2S4Sb2. The maximum absolute atomic E-state index is 16.3. The first kappa shape index (κ1) is 73.8. The van der Waals surface area contributed by atoms with Crippen molar-refractivity contribution in [2.75, 3.05) is 0 Å². The van der Waals surface area contributed by atoms with Gasteiger partial charge in [-0.05, 0) is 159 Å². The van der Waals surface area contributed by atoms with Crippen LogP contribution in [-0.2, 0) is 21.8 Å². The summed E-state index contributed by atoms with van der Waals surface area (Å²) in [4.78, 5) is 32.6. The number of benzene rings is 9. The number of carbonyl (C=O) groups excluding carboxylic acids is 2. The molecule has 10 rings (SSSR count). The standard InChI is InChI=1S/C32H24ClOS2.C31H19ClF7OS2.12FH.2Sb/c1-23-12-14-24(15-13-23)32(34)25-16-21-31(30(33)22-25)35-26-17-19-29(20-18-26)36(27-8-4-2-5-9-27)28-10-6-3-7-11-28;32-25-18-20(28(40)19-6-9-21(33)10-7-19)8-15-26(25)41-22-11-13-24(14-12-22)42(23-4-2-1-3-5-23)29(35)17-16-27(34)30(36,37)31(29,38)39;;;;;;;;;;;;;;/h2-22H,1H3;1-18,27H;12*1H;;/q2*+1;;;;;;;;;;;;;2*+5/p-12. The molecule has 29 heteroatoms. The van der Waals surface area contributed by atoms with Gasteiger partial charge in [0.25, 0.3) is 0 Å². The first-order chi connectivity index (χ1) is 42.3. The van der Waals surface area contributed by atoms with Crippen LogP contribution in [-0.4, -0.2) is 73.5 Å². The summed E-state index contributed by atoms with van der Waals surface area (Å²) in [7, 11) is -2.44. The van der Waals surface area contributed by atoms with Crippen molar-refractivity contribution >= 4 is 119 Å². The molecule has 1 aliphatic carbocycles. The molecule has 0 amide bonds. The number of hydrogen-bond donors (Lipinski definition) is 0. The van der Waals surface area contributed by atoms with E-state index in [1.165, 1.54) is 105 Å². The Morgan fingerprint density at radius 1 is 0.435 bits per heavy atom. The number of allylic oxidation sites excluding steroid dienone is 1. The van der Waals surface area contributed by atoms with Gasteiger partial charge in [0.15, 0.2) is 42.2 Å². The number of aryl methyl sites for hydroxylation is 1. The Morgan fingerprint density at radius 3 is 1.12 bits per heavy atom. The van der Waals surface area contributed by atoms with Gasteiger partial charge in [0.2, 0.25) is 0 Å². The van der Waals surface area contributed by atoms with Gasteiger partial charge in [-0.25, -0.2) is 8.78 Å². The molecule has 0 fully saturated rings. The third kappa shape index (κ3) is 21.7. The van der Waals surface area contributed by atoms with E-state index in [1.54, 1.807) is 36.0 Å². The fourth-order valence-electron chi connectivity index (χ4n) is 8.22.